The van der Waals surface area contributed by atoms with Crippen molar-refractivity contribution in [1.29, 1.82) is 0 Å². The lowest BCUT2D eigenvalue weighted by molar-refractivity contribution is 0.0464. The number of hydrogen-bond acceptors (Lipinski definition) is 6. The Morgan fingerprint density at radius 1 is 1.39 bits per heavy atom. The average Bonchev–Trinajstić information content (AvgIpc) is 2.89. The number of carbonyl (C=O) groups excluding carboxylic acids is 1. The third-order valence-corrected chi connectivity index (χ3v) is 4.38. The number of para-hydroxylation sites is 1. The van der Waals surface area contributed by atoms with Crippen molar-refractivity contribution in [2.24, 2.45) is 0 Å². The van der Waals surface area contributed by atoms with E-state index in [0.717, 1.165) is 5.69 Å². The molecular formula is C16H14N2O4S. The fourth-order valence-electron chi connectivity index (χ4n) is 2.22. The number of nitrogens with zero attached hydrogens (tertiary/aromatic N) is 2. The van der Waals surface area contributed by atoms with Gasteiger partial charge in [-0.15, -0.1) is 11.3 Å². The van der Waals surface area contributed by atoms with Gasteiger partial charge in [0.15, 0.2) is 4.96 Å². The van der Waals surface area contributed by atoms with Gasteiger partial charge < -0.3 is 9.84 Å². The zero-order valence-electron chi connectivity index (χ0n) is 12.6. The number of esters is 1. The Morgan fingerprint density at radius 3 is 2.96 bits per heavy atom. The Hall–Kier alpha value is -2.67. The Kier molecular flexibility index (Phi) is 3.87. The number of carbonyl (C=O) groups is 1. The highest BCUT2D eigenvalue weighted by molar-refractivity contribution is 7.15. The number of hydrogen-bond donors (Lipinski definition) is 1. The van der Waals surface area contributed by atoms with E-state index in [0.29, 0.717) is 16.2 Å². The van der Waals surface area contributed by atoms with Gasteiger partial charge in [0.25, 0.3) is 5.56 Å². The van der Waals surface area contributed by atoms with Crippen LogP contribution in [-0.4, -0.2) is 20.5 Å². The molecule has 0 unspecified atom stereocenters. The first kappa shape index (κ1) is 15.2. The molecule has 1 N–H and O–H groups in total. The molecule has 1 aromatic carbocycles. The van der Waals surface area contributed by atoms with E-state index in [4.69, 9.17) is 4.74 Å². The van der Waals surface area contributed by atoms with E-state index in [1.807, 2.05) is 12.3 Å². The minimum Gasteiger partial charge on any atom is -0.507 e. The Balaban J connectivity index is 1.82. The largest absolute Gasteiger partial charge is 0.507 e. The zero-order chi connectivity index (χ0) is 16.6. The quantitative estimate of drug-likeness (QED) is 0.746. The number of aromatic hydroxyl groups is 1. The molecular weight excluding hydrogens is 316 g/mol. The van der Waals surface area contributed by atoms with Crippen LogP contribution in [0, 0.1) is 13.8 Å². The number of aromatic nitrogens is 2. The van der Waals surface area contributed by atoms with Crippen molar-refractivity contribution in [2.45, 2.75) is 20.5 Å². The first-order valence-electron chi connectivity index (χ1n) is 6.90. The van der Waals surface area contributed by atoms with Crippen LogP contribution in [0.4, 0.5) is 0 Å². The van der Waals surface area contributed by atoms with Gasteiger partial charge in [0.2, 0.25) is 0 Å². The number of rotatable bonds is 3. The zero-order valence-corrected chi connectivity index (χ0v) is 13.4. The maximum atomic E-state index is 12.1. The third-order valence-electron chi connectivity index (χ3n) is 3.44. The topological polar surface area (TPSA) is 80.9 Å². The lowest BCUT2D eigenvalue weighted by Gasteiger charge is -2.07. The molecule has 0 aliphatic carbocycles. The maximum absolute atomic E-state index is 12.1. The summed E-state index contributed by atoms with van der Waals surface area (Å²) >= 11 is 1.35. The van der Waals surface area contributed by atoms with Crippen LogP contribution in [-0.2, 0) is 11.3 Å². The van der Waals surface area contributed by atoms with E-state index in [9.17, 15) is 14.7 Å². The molecule has 0 radical (unpaired) electrons. The molecule has 0 aliphatic heterocycles. The highest BCUT2D eigenvalue weighted by Gasteiger charge is 2.15. The molecule has 7 heteroatoms. The molecule has 0 fully saturated rings. The third kappa shape index (κ3) is 2.83. The summed E-state index contributed by atoms with van der Waals surface area (Å²) in [5, 5.41) is 11.7. The van der Waals surface area contributed by atoms with Gasteiger partial charge in [-0.3, -0.25) is 9.20 Å². The van der Waals surface area contributed by atoms with Crippen LogP contribution in [0.5, 0.6) is 5.75 Å². The summed E-state index contributed by atoms with van der Waals surface area (Å²) in [6, 6.07) is 6.19. The van der Waals surface area contributed by atoms with Gasteiger partial charge in [0.05, 0.1) is 5.69 Å². The van der Waals surface area contributed by atoms with Crippen molar-refractivity contribution >= 4 is 22.3 Å². The molecule has 2 aromatic heterocycles. The van der Waals surface area contributed by atoms with Crippen molar-refractivity contribution in [1.82, 2.24) is 9.38 Å². The van der Waals surface area contributed by atoms with Crippen LogP contribution in [0.1, 0.15) is 27.3 Å². The van der Waals surface area contributed by atoms with Crippen LogP contribution in [0.2, 0.25) is 0 Å². The van der Waals surface area contributed by atoms with Crippen molar-refractivity contribution in [3.8, 4) is 5.75 Å². The normalized spacial score (nSPS) is 10.9. The number of phenolic OH excluding ortho intramolecular Hbond substituents is 1. The minimum absolute atomic E-state index is 0.0924. The van der Waals surface area contributed by atoms with Gasteiger partial charge in [-0.2, -0.15) is 0 Å². The number of aryl methyl sites for hydroxylation is 2. The molecule has 0 aliphatic rings. The van der Waals surface area contributed by atoms with E-state index in [2.05, 4.69) is 4.98 Å². The van der Waals surface area contributed by atoms with Crippen LogP contribution < -0.4 is 5.56 Å². The Bertz CT molecular complexity index is 958. The summed E-state index contributed by atoms with van der Waals surface area (Å²) in [4.78, 5) is 29.0. The van der Waals surface area contributed by atoms with Crippen molar-refractivity contribution in [3.63, 3.8) is 0 Å². The molecule has 0 amide bonds. The van der Waals surface area contributed by atoms with E-state index in [1.165, 1.54) is 27.9 Å². The van der Waals surface area contributed by atoms with Crippen LogP contribution in [0.15, 0.2) is 34.4 Å². The first-order valence-corrected chi connectivity index (χ1v) is 7.78. The predicted octanol–water partition coefficient (Wildman–Crippen LogP) is 2.44. The summed E-state index contributed by atoms with van der Waals surface area (Å²) in [6.45, 7) is 3.39. The molecule has 23 heavy (non-hydrogen) atoms. The minimum atomic E-state index is -0.657. The van der Waals surface area contributed by atoms with Crippen LogP contribution in [0.3, 0.4) is 0 Å². The van der Waals surface area contributed by atoms with Crippen LogP contribution >= 0.6 is 11.3 Å². The summed E-state index contributed by atoms with van der Waals surface area (Å²) in [5.41, 5.74) is 1.66. The summed E-state index contributed by atoms with van der Waals surface area (Å²) in [5.74, 6) is -0.759. The number of thiazole rings is 1. The molecule has 0 saturated heterocycles. The fraction of sp³-hybridized carbons (Fsp3) is 0.188. The van der Waals surface area contributed by atoms with Gasteiger partial charge in [-0.1, -0.05) is 12.1 Å². The van der Waals surface area contributed by atoms with Crippen LogP contribution in [0.25, 0.3) is 4.96 Å². The fourth-order valence-corrected chi connectivity index (χ4v) is 3.11. The second kappa shape index (κ2) is 5.85. The molecule has 0 saturated carbocycles. The Labute approximate surface area is 135 Å². The number of benzene rings is 1. The molecule has 2 heterocycles. The van der Waals surface area contributed by atoms with Gasteiger partial charge in [-0.25, -0.2) is 9.78 Å². The second-order valence-corrected chi connectivity index (χ2v) is 5.96. The lowest BCUT2D eigenvalue weighted by Crippen LogP contribution is -2.16. The molecule has 6 nitrogen and oxygen atoms in total. The first-order chi connectivity index (χ1) is 11.0. The monoisotopic (exact) mass is 330 g/mol. The highest BCUT2D eigenvalue weighted by atomic mass is 32.1. The van der Waals surface area contributed by atoms with E-state index >= 15 is 0 Å². The molecule has 0 bridgehead atoms. The van der Waals surface area contributed by atoms with E-state index < -0.39 is 5.97 Å². The molecule has 118 valence electrons. The van der Waals surface area contributed by atoms with Crippen molar-refractivity contribution in [2.75, 3.05) is 0 Å². The van der Waals surface area contributed by atoms with Gasteiger partial charge >= 0.3 is 5.97 Å². The molecule has 3 rings (SSSR count). The second-order valence-electron chi connectivity index (χ2n) is 5.13. The van der Waals surface area contributed by atoms with Gasteiger partial charge in [-0.05, 0) is 25.5 Å². The van der Waals surface area contributed by atoms with Crippen molar-refractivity contribution < 1.29 is 14.6 Å². The smallest absolute Gasteiger partial charge is 0.342 e. The van der Waals surface area contributed by atoms with E-state index in [1.54, 1.807) is 19.1 Å². The van der Waals surface area contributed by atoms with Gasteiger partial charge in [0.1, 0.15) is 17.9 Å². The average molecular weight is 330 g/mol. The molecule has 0 spiro atoms. The molecule has 3 aromatic rings. The maximum Gasteiger partial charge on any atom is 0.342 e. The predicted molar refractivity (Wildman–Crippen MR) is 86.0 cm³/mol. The van der Waals surface area contributed by atoms with Crippen molar-refractivity contribution in [3.05, 3.63) is 62.5 Å². The highest BCUT2D eigenvalue weighted by Crippen LogP contribution is 2.22. The Morgan fingerprint density at radius 2 is 2.17 bits per heavy atom. The summed E-state index contributed by atoms with van der Waals surface area (Å²) in [7, 11) is 0. The standard InChI is InChI=1S/C16H14N2O4S/c1-9-4-3-5-12(14(9)20)15(21)22-7-11-6-13(19)18-10(2)8-23-16(18)17-11/h3-6,8,20H,7H2,1-2H3. The summed E-state index contributed by atoms with van der Waals surface area (Å²) < 4.78 is 6.66. The lowest BCUT2D eigenvalue weighted by atomic mass is 10.1. The summed E-state index contributed by atoms with van der Waals surface area (Å²) in [6.07, 6.45) is 0. The number of phenols is 1. The number of fused-ring (bicyclic) bond motifs is 1. The SMILES string of the molecule is Cc1cccc(C(=O)OCc2cc(=O)n3c(C)csc3n2)c1O. The van der Waals surface area contributed by atoms with Gasteiger partial charge in [0, 0.05) is 17.1 Å². The molecule has 0 atom stereocenters. The van der Waals surface area contributed by atoms with E-state index in [-0.39, 0.29) is 23.5 Å². The number of ether oxygens (including phenoxy) is 1.